The Hall–Kier alpha value is -1.85. The lowest BCUT2D eigenvalue weighted by Crippen LogP contribution is -2.55. The van der Waals surface area contributed by atoms with Crippen LogP contribution < -0.4 is 11.1 Å². The summed E-state index contributed by atoms with van der Waals surface area (Å²) in [4.78, 5) is 25.9. The summed E-state index contributed by atoms with van der Waals surface area (Å²) >= 11 is 0. The Bertz CT molecular complexity index is 527. The highest BCUT2D eigenvalue weighted by Gasteiger charge is 2.59. The zero-order chi connectivity index (χ0) is 14.5. The molecule has 2 heterocycles. The summed E-state index contributed by atoms with van der Waals surface area (Å²) in [5.41, 5.74) is 5.35. The minimum atomic E-state index is -0.914. The fraction of sp³-hybridized carbons (Fsp3) is 0.643. The number of nitrogens with one attached hydrogen (secondary N) is 2. The van der Waals surface area contributed by atoms with Gasteiger partial charge in [-0.3, -0.25) is 20.3 Å². The molecule has 0 aromatic carbocycles. The lowest BCUT2D eigenvalue weighted by Gasteiger charge is -2.39. The van der Waals surface area contributed by atoms with Crippen LogP contribution in [-0.4, -0.2) is 34.1 Å². The van der Waals surface area contributed by atoms with Crippen molar-refractivity contribution in [2.24, 2.45) is 11.7 Å². The van der Waals surface area contributed by atoms with Gasteiger partial charge >= 0.3 is 0 Å². The molecule has 0 aromatic heterocycles. The van der Waals surface area contributed by atoms with Crippen LogP contribution in [-0.2, 0) is 9.59 Å². The molecule has 1 saturated carbocycles. The van der Waals surface area contributed by atoms with Crippen molar-refractivity contribution in [3.63, 3.8) is 0 Å². The standard InChI is InChI=1S/C14H20N4O2/c1-8-3-2-4-10(8)18-12(16)9(7-15)5-14(18)6-11(19)17-13(14)20/h7-8,10,16H,2-6,15H2,1H3,(H,17,19,20)/b9-7-,16-12?. The van der Waals surface area contributed by atoms with E-state index in [0.29, 0.717) is 23.7 Å². The van der Waals surface area contributed by atoms with E-state index in [4.69, 9.17) is 11.1 Å². The zero-order valence-electron chi connectivity index (χ0n) is 11.6. The molecule has 0 bridgehead atoms. The highest BCUT2D eigenvalue weighted by molar-refractivity contribution is 6.14. The number of rotatable bonds is 1. The molecule has 2 aliphatic heterocycles. The number of imide groups is 1. The van der Waals surface area contributed by atoms with E-state index in [-0.39, 0.29) is 24.3 Å². The number of likely N-dealkylation sites (tertiary alicyclic amines) is 1. The summed E-state index contributed by atoms with van der Waals surface area (Å²) in [7, 11) is 0. The van der Waals surface area contributed by atoms with Crippen LogP contribution in [0.4, 0.5) is 0 Å². The summed E-state index contributed by atoms with van der Waals surface area (Å²) < 4.78 is 0. The molecule has 4 N–H and O–H groups in total. The first-order chi connectivity index (χ1) is 9.49. The van der Waals surface area contributed by atoms with Crippen molar-refractivity contribution < 1.29 is 9.59 Å². The number of carbonyl (C=O) groups excluding carboxylic acids is 2. The molecule has 1 spiro atoms. The highest BCUT2D eigenvalue weighted by atomic mass is 16.2. The lowest BCUT2D eigenvalue weighted by atomic mass is 9.90. The van der Waals surface area contributed by atoms with Gasteiger partial charge in [0.15, 0.2) is 0 Å². The van der Waals surface area contributed by atoms with Crippen LogP contribution in [0.15, 0.2) is 11.8 Å². The second-order valence-corrected chi connectivity index (χ2v) is 6.15. The summed E-state index contributed by atoms with van der Waals surface area (Å²) in [5.74, 6) is 0.212. The molecule has 0 radical (unpaired) electrons. The Labute approximate surface area is 117 Å². The molecule has 2 saturated heterocycles. The van der Waals surface area contributed by atoms with Gasteiger partial charge in [0.25, 0.3) is 5.91 Å². The normalized spacial score (nSPS) is 39.4. The van der Waals surface area contributed by atoms with Crippen LogP contribution in [0.2, 0.25) is 0 Å². The van der Waals surface area contributed by atoms with Crippen LogP contribution >= 0.6 is 0 Å². The molecule has 2 amide bonds. The van der Waals surface area contributed by atoms with E-state index in [1.807, 2.05) is 4.90 Å². The number of carbonyl (C=O) groups is 2. The Morgan fingerprint density at radius 2 is 2.15 bits per heavy atom. The number of amidine groups is 1. The maximum atomic E-state index is 12.4. The predicted octanol–water partition coefficient (Wildman–Crippen LogP) is 0.486. The quantitative estimate of drug-likeness (QED) is 0.607. The molecular formula is C14H20N4O2. The van der Waals surface area contributed by atoms with Gasteiger partial charge in [0.2, 0.25) is 5.91 Å². The number of nitrogens with two attached hydrogens (primary N) is 1. The van der Waals surface area contributed by atoms with Crippen LogP contribution in [0.3, 0.4) is 0 Å². The monoisotopic (exact) mass is 276 g/mol. The molecule has 3 atom stereocenters. The van der Waals surface area contributed by atoms with E-state index in [9.17, 15) is 9.59 Å². The van der Waals surface area contributed by atoms with Crippen molar-refractivity contribution in [3.8, 4) is 0 Å². The second kappa shape index (κ2) is 4.33. The van der Waals surface area contributed by atoms with Gasteiger partial charge in [-0.2, -0.15) is 0 Å². The molecule has 3 rings (SSSR count). The van der Waals surface area contributed by atoms with E-state index >= 15 is 0 Å². The lowest BCUT2D eigenvalue weighted by molar-refractivity contribution is -0.129. The van der Waals surface area contributed by atoms with Gasteiger partial charge in [0, 0.05) is 24.2 Å². The molecule has 6 nitrogen and oxygen atoms in total. The van der Waals surface area contributed by atoms with E-state index in [1.165, 1.54) is 6.20 Å². The predicted molar refractivity (Wildman–Crippen MR) is 73.8 cm³/mol. The largest absolute Gasteiger partial charge is 0.404 e. The molecule has 1 aliphatic carbocycles. The van der Waals surface area contributed by atoms with E-state index in [1.54, 1.807) is 0 Å². The van der Waals surface area contributed by atoms with Crippen LogP contribution in [0, 0.1) is 11.3 Å². The maximum Gasteiger partial charge on any atom is 0.253 e. The molecule has 6 heteroatoms. The van der Waals surface area contributed by atoms with Crippen molar-refractivity contribution in [1.82, 2.24) is 10.2 Å². The minimum Gasteiger partial charge on any atom is -0.404 e. The first-order valence-electron chi connectivity index (χ1n) is 7.13. The van der Waals surface area contributed by atoms with Gasteiger partial charge in [0.1, 0.15) is 11.4 Å². The van der Waals surface area contributed by atoms with Gasteiger partial charge in [-0.05, 0) is 18.8 Å². The first-order valence-corrected chi connectivity index (χ1v) is 7.13. The van der Waals surface area contributed by atoms with Crippen LogP contribution in [0.1, 0.15) is 39.0 Å². The molecule has 20 heavy (non-hydrogen) atoms. The smallest absolute Gasteiger partial charge is 0.253 e. The Morgan fingerprint density at radius 3 is 2.65 bits per heavy atom. The Morgan fingerprint density at radius 1 is 1.40 bits per heavy atom. The van der Waals surface area contributed by atoms with E-state index < -0.39 is 5.54 Å². The molecule has 3 aliphatic rings. The van der Waals surface area contributed by atoms with E-state index in [0.717, 1.165) is 19.3 Å². The van der Waals surface area contributed by atoms with Gasteiger partial charge in [-0.1, -0.05) is 13.3 Å². The van der Waals surface area contributed by atoms with Crippen LogP contribution in [0.25, 0.3) is 0 Å². The van der Waals surface area contributed by atoms with Crippen molar-refractivity contribution in [2.45, 2.75) is 50.6 Å². The first kappa shape index (κ1) is 13.1. The van der Waals surface area contributed by atoms with Crippen molar-refractivity contribution in [3.05, 3.63) is 11.8 Å². The van der Waals surface area contributed by atoms with Gasteiger partial charge < -0.3 is 10.6 Å². The average molecular weight is 276 g/mol. The second-order valence-electron chi connectivity index (χ2n) is 6.15. The maximum absolute atomic E-state index is 12.4. The number of hydrogen-bond acceptors (Lipinski definition) is 4. The third-order valence-corrected chi connectivity index (χ3v) is 4.97. The van der Waals surface area contributed by atoms with Gasteiger partial charge in [-0.15, -0.1) is 0 Å². The summed E-state index contributed by atoms with van der Waals surface area (Å²) in [5, 5.41) is 10.7. The Balaban J connectivity index is 2.05. The molecule has 3 fully saturated rings. The average Bonchev–Trinajstić information content (AvgIpc) is 3.00. The third kappa shape index (κ3) is 1.60. The minimum absolute atomic E-state index is 0.134. The van der Waals surface area contributed by atoms with Crippen molar-refractivity contribution in [1.29, 1.82) is 5.41 Å². The molecular weight excluding hydrogens is 256 g/mol. The topological polar surface area (TPSA) is 99.3 Å². The summed E-state index contributed by atoms with van der Waals surface area (Å²) in [6.45, 7) is 2.15. The number of hydrogen-bond donors (Lipinski definition) is 3. The fourth-order valence-corrected chi connectivity index (χ4v) is 3.95. The SMILES string of the molecule is CC1CCCC1N1C(=N)/C(=C\N)CC12CC(=O)NC2=O. The number of nitrogens with zero attached hydrogens (tertiary/aromatic N) is 1. The molecule has 3 unspecified atom stereocenters. The van der Waals surface area contributed by atoms with Gasteiger partial charge in [-0.25, -0.2) is 0 Å². The fourth-order valence-electron chi connectivity index (χ4n) is 3.95. The van der Waals surface area contributed by atoms with Crippen molar-refractivity contribution >= 4 is 17.6 Å². The Kier molecular flexibility index (Phi) is 2.84. The van der Waals surface area contributed by atoms with Gasteiger partial charge in [0.05, 0.1) is 6.42 Å². The third-order valence-electron chi connectivity index (χ3n) is 4.97. The van der Waals surface area contributed by atoms with E-state index in [2.05, 4.69) is 12.2 Å². The molecule has 0 aromatic rings. The molecule has 108 valence electrons. The number of amides is 2. The zero-order valence-corrected chi connectivity index (χ0v) is 11.6. The summed E-state index contributed by atoms with van der Waals surface area (Å²) in [6, 6.07) is 0.150. The van der Waals surface area contributed by atoms with Crippen LogP contribution in [0.5, 0.6) is 0 Å². The highest BCUT2D eigenvalue weighted by Crippen LogP contribution is 2.45. The van der Waals surface area contributed by atoms with Crippen molar-refractivity contribution in [2.75, 3.05) is 0 Å². The summed E-state index contributed by atoms with van der Waals surface area (Å²) in [6.07, 6.45) is 5.06.